The largest absolute Gasteiger partial charge is 0.355 e. The molecule has 3 aromatic heterocycles. The molecule has 1 aliphatic heterocycles. The lowest BCUT2D eigenvalue weighted by Crippen LogP contribution is -2.29. The van der Waals surface area contributed by atoms with Crippen LogP contribution in [0.5, 0.6) is 0 Å². The van der Waals surface area contributed by atoms with Gasteiger partial charge in [0.25, 0.3) is 5.56 Å². The maximum absolute atomic E-state index is 12.4. The van der Waals surface area contributed by atoms with Crippen LogP contribution >= 0.6 is 0 Å². The van der Waals surface area contributed by atoms with Gasteiger partial charge < -0.3 is 14.8 Å². The second-order valence-electron chi connectivity index (χ2n) is 6.90. The Labute approximate surface area is 149 Å². The van der Waals surface area contributed by atoms with Gasteiger partial charge in [0.05, 0.1) is 16.6 Å². The molecule has 26 heavy (non-hydrogen) atoms. The maximum atomic E-state index is 12.4. The van der Waals surface area contributed by atoms with Crippen LogP contribution in [0, 0.1) is 0 Å². The van der Waals surface area contributed by atoms with Gasteiger partial charge in [-0.1, -0.05) is 12.1 Å². The summed E-state index contributed by atoms with van der Waals surface area (Å²) in [4.78, 5) is 29.4. The van der Waals surface area contributed by atoms with Crippen LogP contribution in [-0.2, 0) is 0 Å². The Balaban J connectivity index is 1.75. The number of anilines is 1. The van der Waals surface area contributed by atoms with E-state index in [-0.39, 0.29) is 5.56 Å². The fraction of sp³-hybridized carbons (Fsp3) is 0.316. The molecule has 0 radical (unpaired) electrons. The molecule has 4 heterocycles. The summed E-state index contributed by atoms with van der Waals surface area (Å²) in [6, 6.07) is 11.7. The molecule has 0 bridgehead atoms. The minimum atomic E-state index is -0.195. The predicted octanol–water partition coefficient (Wildman–Crippen LogP) is 1.87. The third-order valence-electron chi connectivity index (χ3n) is 5.13. The van der Waals surface area contributed by atoms with Gasteiger partial charge in [-0.3, -0.25) is 9.20 Å². The molecule has 0 unspecified atom stereocenters. The molecule has 7 nitrogen and oxygen atoms in total. The van der Waals surface area contributed by atoms with Crippen molar-refractivity contribution in [2.45, 2.75) is 6.42 Å². The predicted molar refractivity (Wildman–Crippen MR) is 103 cm³/mol. The van der Waals surface area contributed by atoms with Crippen molar-refractivity contribution in [1.82, 2.24) is 24.3 Å². The Bertz CT molecular complexity index is 1180. The first kappa shape index (κ1) is 15.3. The molecular formula is C19H20N6O. The first-order valence-electron chi connectivity index (χ1n) is 8.94. The van der Waals surface area contributed by atoms with Gasteiger partial charge in [0, 0.05) is 19.6 Å². The normalized spacial score (nSPS) is 16.6. The summed E-state index contributed by atoms with van der Waals surface area (Å²) in [5, 5.41) is 0. The Morgan fingerprint density at radius 2 is 1.85 bits per heavy atom. The monoisotopic (exact) mass is 348 g/mol. The number of rotatable bonds is 1. The lowest BCUT2D eigenvalue weighted by atomic mass is 10.3. The number of fused-ring (bicyclic) bond motifs is 5. The number of imidazole rings is 1. The van der Waals surface area contributed by atoms with Crippen LogP contribution in [0.3, 0.4) is 0 Å². The van der Waals surface area contributed by atoms with Gasteiger partial charge in [-0.2, -0.15) is 0 Å². The number of aromatic nitrogens is 4. The fourth-order valence-electron chi connectivity index (χ4n) is 3.73. The number of hydrogen-bond donors (Lipinski definition) is 1. The van der Waals surface area contributed by atoms with Crippen LogP contribution in [-0.4, -0.2) is 57.5 Å². The highest BCUT2D eigenvalue weighted by atomic mass is 16.1. The second-order valence-corrected chi connectivity index (χ2v) is 6.90. The lowest BCUT2D eigenvalue weighted by Gasteiger charge is -2.21. The zero-order valence-corrected chi connectivity index (χ0v) is 14.6. The van der Waals surface area contributed by atoms with Gasteiger partial charge in [0.15, 0.2) is 5.65 Å². The minimum Gasteiger partial charge on any atom is -0.355 e. The summed E-state index contributed by atoms with van der Waals surface area (Å²) in [6.45, 7) is 4.06. The van der Waals surface area contributed by atoms with E-state index in [1.54, 1.807) is 0 Å². The van der Waals surface area contributed by atoms with E-state index in [2.05, 4.69) is 26.8 Å². The van der Waals surface area contributed by atoms with E-state index in [0.717, 1.165) is 60.6 Å². The van der Waals surface area contributed by atoms with Crippen molar-refractivity contribution in [3.63, 3.8) is 0 Å². The number of nitrogens with zero attached hydrogens (tertiary/aromatic N) is 5. The second kappa shape index (κ2) is 5.81. The number of H-pyrrole nitrogens is 1. The molecule has 0 spiro atoms. The molecule has 0 aliphatic carbocycles. The van der Waals surface area contributed by atoms with Crippen molar-refractivity contribution >= 4 is 33.7 Å². The van der Waals surface area contributed by atoms with Crippen molar-refractivity contribution in [2.24, 2.45) is 0 Å². The summed E-state index contributed by atoms with van der Waals surface area (Å²) in [5.74, 6) is 0.943. The van der Waals surface area contributed by atoms with Crippen LogP contribution in [0.25, 0.3) is 27.8 Å². The van der Waals surface area contributed by atoms with Crippen LogP contribution < -0.4 is 10.5 Å². The average Bonchev–Trinajstić information content (AvgIpc) is 2.92. The Kier molecular flexibility index (Phi) is 3.43. The van der Waals surface area contributed by atoms with Crippen molar-refractivity contribution in [3.05, 3.63) is 46.8 Å². The van der Waals surface area contributed by atoms with E-state index < -0.39 is 0 Å². The molecule has 4 aromatic rings. The molecule has 5 rings (SSSR count). The number of hydrogen-bond acceptors (Lipinski definition) is 5. The number of likely N-dealkylation sites (N-methyl/N-ethyl adjacent to an activating group) is 1. The van der Waals surface area contributed by atoms with E-state index in [1.165, 1.54) is 0 Å². The number of pyridine rings is 1. The van der Waals surface area contributed by atoms with E-state index >= 15 is 0 Å². The molecule has 132 valence electrons. The third-order valence-corrected chi connectivity index (χ3v) is 5.13. The number of para-hydroxylation sites is 2. The number of nitrogens with one attached hydrogen (secondary N) is 1. The van der Waals surface area contributed by atoms with Gasteiger partial charge in [-0.05, 0) is 44.3 Å². The fourth-order valence-corrected chi connectivity index (χ4v) is 3.73. The van der Waals surface area contributed by atoms with Crippen LogP contribution in [0.2, 0.25) is 0 Å². The molecule has 7 heteroatoms. The standard InChI is InChI=1S/C19H20N6O/c1-23-9-4-10-24(12-11-23)16-8-7-14-17(22-16)25-15-6-3-2-5-13(15)20-18(25)19(26)21-14/h2-3,5-8H,4,9-12H2,1H3,(H,21,26). The molecule has 1 aromatic carbocycles. The molecule has 1 fully saturated rings. The van der Waals surface area contributed by atoms with E-state index in [1.807, 2.05) is 40.8 Å². The summed E-state index contributed by atoms with van der Waals surface area (Å²) in [6.07, 6.45) is 1.12. The van der Waals surface area contributed by atoms with Crippen molar-refractivity contribution in [1.29, 1.82) is 0 Å². The quantitative estimate of drug-likeness (QED) is 0.569. The van der Waals surface area contributed by atoms with E-state index in [9.17, 15) is 4.79 Å². The summed E-state index contributed by atoms with van der Waals surface area (Å²) >= 11 is 0. The van der Waals surface area contributed by atoms with Crippen LogP contribution in [0.4, 0.5) is 5.82 Å². The molecule has 0 saturated carbocycles. The smallest absolute Gasteiger partial charge is 0.292 e. The Morgan fingerprint density at radius 1 is 0.962 bits per heavy atom. The summed E-state index contributed by atoms with van der Waals surface area (Å²) < 4.78 is 1.87. The van der Waals surface area contributed by atoms with Gasteiger partial charge in [0.2, 0.25) is 5.65 Å². The lowest BCUT2D eigenvalue weighted by molar-refractivity contribution is 0.360. The maximum Gasteiger partial charge on any atom is 0.292 e. The first-order valence-corrected chi connectivity index (χ1v) is 8.94. The van der Waals surface area contributed by atoms with Crippen LogP contribution in [0.15, 0.2) is 41.2 Å². The highest BCUT2D eigenvalue weighted by Crippen LogP contribution is 2.22. The third kappa shape index (κ3) is 2.35. The molecular weight excluding hydrogens is 328 g/mol. The van der Waals surface area contributed by atoms with Crippen LogP contribution in [0.1, 0.15) is 6.42 Å². The van der Waals surface area contributed by atoms with Crippen molar-refractivity contribution in [3.8, 4) is 0 Å². The molecule has 1 N–H and O–H groups in total. The molecule has 1 saturated heterocycles. The Morgan fingerprint density at radius 3 is 2.77 bits per heavy atom. The van der Waals surface area contributed by atoms with E-state index in [0.29, 0.717) is 5.65 Å². The summed E-state index contributed by atoms with van der Waals surface area (Å²) in [7, 11) is 2.16. The first-order chi connectivity index (χ1) is 12.7. The van der Waals surface area contributed by atoms with Gasteiger partial charge in [-0.15, -0.1) is 0 Å². The van der Waals surface area contributed by atoms with Gasteiger partial charge in [-0.25, -0.2) is 9.97 Å². The topological polar surface area (TPSA) is 69.5 Å². The zero-order chi connectivity index (χ0) is 17.7. The van der Waals surface area contributed by atoms with Crippen molar-refractivity contribution in [2.75, 3.05) is 38.1 Å². The van der Waals surface area contributed by atoms with E-state index in [4.69, 9.17) is 4.98 Å². The summed E-state index contributed by atoms with van der Waals surface area (Å²) in [5.41, 5.74) is 3.36. The highest BCUT2D eigenvalue weighted by Gasteiger charge is 2.17. The average molecular weight is 348 g/mol. The molecule has 0 amide bonds. The minimum absolute atomic E-state index is 0.195. The van der Waals surface area contributed by atoms with Gasteiger partial charge in [0.1, 0.15) is 5.82 Å². The van der Waals surface area contributed by atoms with Crippen molar-refractivity contribution < 1.29 is 0 Å². The number of aromatic amines is 1. The zero-order valence-electron chi connectivity index (χ0n) is 14.6. The SMILES string of the molecule is CN1CCCN(c2ccc3[nH]c(=O)c4nc5ccccc5n4c3n2)CC1. The molecule has 0 atom stereocenters. The molecule has 1 aliphatic rings. The number of benzene rings is 1. The van der Waals surface area contributed by atoms with Gasteiger partial charge >= 0.3 is 0 Å². The Hall–Kier alpha value is -2.93. The highest BCUT2D eigenvalue weighted by molar-refractivity contribution is 5.87.